The van der Waals surface area contributed by atoms with Gasteiger partial charge in [0.05, 0.1) is 18.5 Å². The van der Waals surface area contributed by atoms with Crippen molar-refractivity contribution in [3.63, 3.8) is 0 Å². The molecule has 86 valence electrons. The van der Waals surface area contributed by atoms with Gasteiger partial charge in [0.15, 0.2) is 5.78 Å². The number of carbonyl (C=O) groups is 1. The summed E-state index contributed by atoms with van der Waals surface area (Å²) in [5, 5.41) is 10.2. The smallest absolute Gasteiger partial charge is 0.159 e. The number of carbonyl (C=O) groups excluding carboxylic acids is 1. The summed E-state index contributed by atoms with van der Waals surface area (Å²) in [4.78, 5) is 11.2. The van der Waals surface area contributed by atoms with E-state index in [0.29, 0.717) is 10.8 Å². The Bertz CT molecular complexity index is 399. The maximum atomic E-state index is 11.2. The second-order valence-corrected chi connectivity index (χ2v) is 5.16. The summed E-state index contributed by atoms with van der Waals surface area (Å²) in [6.07, 6.45) is 0. The van der Waals surface area contributed by atoms with E-state index in [1.54, 1.807) is 30.0 Å². The van der Waals surface area contributed by atoms with E-state index < -0.39 is 0 Å². The highest BCUT2D eigenvalue weighted by atomic mass is 32.2. The van der Waals surface area contributed by atoms with E-state index in [9.17, 15) is 9.90 Å². The molecule has 0 aromatic heterocycles. The Morgan fingerprint density at radius 1 is 1.56 bits per heavy atom. The molecule has 2 rings (SSSR count). The molecule has 1 aliphatic heterocycles. The van der Waals surface area contributed by atoms with Crippen LogP contribution in [0.25, 0.3) is 0 Å². The van der Waals surface area contributed by atoms with Crippen molar-refractivity contribution in [2.45, 2.75) is 17.9 Å². The third-order valence-electron chi connectivity index (χ3n) is 2.57. The van der Waals surface area contributed by atoms with Gasteiger partial charge in [-0.2, -0.15) is 0 Å². The minimum Gasteiger partial charge on any atom is -0.508 e. The topological polar surface area (TPSA) is 46.5 Å². The number of thioether (sulfide) groups is 1. The van der Waals surface area contributed by atoms with Crippen LogP contribution >= 0.6 is 11.8 Å². The third kappa shape index (κ3) is 2.57. The van der Waals surface area contributed by atoms with E-state index in [2.05, 4.69) is 0 Å². The molecule has 1 fully saturated rings. The normalized spacial score (nSPS) is 15.8. The van der Waals surface area contributed by atoms with Crippen molar-refractivity contribution in [1.29, 1.82) is 0 Å². The molecule has 0 radical (unpaired) electrons. The minimum atomic E-state index is 0.0261. The van der Waals surface area contributed by atoms with Gasteiger partial charge < -0.3 is 9.84 Å². The molecule has 3 nitrogen and oxygen atoms in total. The Kier molecular flexibility index (Phi) is 3.51. The van der Waals surface area contributed by atoms with Crippen molar-refractivity contribution in [3.8, 4) is 5.75 Å². The number of hydrogen-bond donors (Lipinski definition) is 1. The van der Waals surface area contributed by atoms with Gasteiger partial charge in [0.25, 0.3) is 0 Å². The zero-order chi connectivity index (χ0) is 11.5. The number of hydrogen-bond acceptors (Lipinski definition) is 4. The number of phenolic OH excluding ortho intramolecular Hbond substituents is 1. The quantitative estimate of drug-likeness (QED) is 0.817. The summed E-state index contributed by atoms with van der Waals surface area (Å²) in [5.74, 6) is 1.01. The zero-order valence-corrected chi connectivity index (χ0v) is 9.92. The summed E-state index contributed by atoms with van der Waals surface area (Å²) in [6.45, 7) is 3.11. The number of phenols is 1. The molecule has 1 aliphatic rings. The van der Waals surface area contributed by atoms with Gasteiger partial charge in [-0.3, -0.25) is 4.79 Å². The van der Waals surface area contributed by atoms with Gasteiger partial charge in [-0.25, -0.2) is 0 Å². The van der Waals surface area contributed by atoms with Crippen LogP contribution in [-0.4, -0.2) is 29.4 Å². The van der Waals surface area contributed by atoms with Crippen LogP contribution in [0.3, 0.4) is 0 Å². The maximum absolute atomic E-state index is 11.2. The zero-order valence-electron chi connectivity index (χ0n) is 9.10. The Morgan fingerprint density at radius 2 is 2.31 bits per heavy atom. The van der Waals surface area contributed by atoms with E-state index in [4.69, 9.17) is 4.74 Å². The van der Waals surface area contributed by atoms with Crippen molar-refractivity contribution in [1.82, 2.24) is 0 Å². The largest absolute Gasteiger partial charge is 0.508 e. The first-order valence-corrected chi connectivity index (χ1v) is 6.24. The summed E-state index contributed by atoms with van der Waals surface area (Å²) >= 11 is 1.75. The lowest BCUT2D eigenvalue weighted by molar-refractivity contribution is 0.0455. The molecule has 1 aromatic rings. The second-order valence-electron chi connectivity index (χ2n) is 3.87. The number of ketones is 1. The molecular formula is C12H14O3S. The molecule has 0 spiro atoms. The lowest BCUT2D eigenvalue weighted by Crippen LogP contribution is -2.30. The molecular weight excluding hydrogens is 224 g/mol. The van der Waals surface area contributed by atoms with Crippen LogP contribution in [0.15, 0.2) is 18.2 Å². The molecule has 0 aliphatic carbocycles. The number of ether oxygens (including phenoxy) is 1. The fraction of sp³-hybridized carbons (Fsp3) is 0.417. The first-order valence-electron chi connectivity index (χ1n) is 5.19. The van der Waals surface area contributed by atoms with E-state index in [-0.39, 0.29) is 11.5 Å². The number of Topliss-reactive ketones (excluding diaryl/α,β-unsaturated/α-hetero) is 1. The van der Waals surface area contributed by atoms with Crippen molar-refractivity contribution >= 4 is 17.5 Å². The van der Waals surface area contributed by atoms with Crippen LogP contribution in [0.2, 0.25) is 0 Å². The highest BCUT2D eigenvalue weighted by molar-refractivity contribution is 7.99. The molecule has 1 aromatic carbocycles. The van der Waals surface area contributed by atoms with Crippen LogP contribution in [-0.2, 0) is 10.5 Å². The van der Waals surface area contributed by atoms with Crippen LogP contribution in [0.4, 0.5) is 0 Å². The van der Waals surface area contributed by atoms with E-state index >= 15 is 0 Å². The van der Waals surface area contributed by atoms with Crippen molar-refractivity contribution < 1.29 is 14.6 Å². The maximum Gasteiger partial charge on any atom is 0.159 e. The predicted octanol–water partition coefficient (Wildman–Crippen LogP) is 2.23. The van der Waals surface area contributed by atoms with Gasteiger partial charge in [0, 0.05) is 16.9 Å². The Labute approximate surface area is 98.8 Å². The van der Waals surface area contributed by atoms with Crippen molar-refractivity contribution in [2.75, 3.05) is 13.2 Å². The van der Waals surface area contributed by atoms with Crippen molar-refractivity contribution in [2.24, 2.45) is 0 Å². The summed E-state index contributed by atoms with van der Waals surface area (Å²) < 4.78 is 5.08. The van der Waals surface area contributed by atoms with E-state index in [0.717, 1.165) is 24.5 Å². The fourth-order valence-electron chi connectivity index (χ4n) is 1.44. The third-order valence-corrected chi connectivity index (χ3v) is 3.79. The highest BCUT2D eigenvalue weighted by Gasteiger charge is 2.19. The predicted molar refractivity (Wildman–Crippen MR) is 64.0 cm³/mol. The number of benzene rings is 1. The molecule has 1 N–H and O–H groups in total. The number of rotatable bonds is 4. The van der Waals surface area contributed by atoms with Crippen LogP contribution in [0.5, 0.6) is 5.75 Å². The van der Waals surface area contributed by atoms with Gasteiger partial charge in [-0.1, -0.05) is 0 Å². The Morgan fingerprint density at radius 3 is 2.88 bits per heavy atom. The van der Waals surface area contributed by atoms with Crippen molar-refractivity contribution in [3.05, 3.63) is 29.3 Å². The minimum absolute atomic E-state index is 0.0261. The Hall–Kier alpha value is -1.00. The Balaban J connectivity index is 2.05. The molecule has 16 heavy (non-hydrogen) atoms. The van der Waals surface area contributed by atoms with Gasteiger partial charge in [-0.15, -0.1) is 11.8 Å². The van der Waals surface area contributed by atoms with Crippen LogP contribution in [0.1, 0.15) is 22.8 Å². The van der Waals surface area contributed by atoms with Crippen LogP contribution < -0.4 is 0 Å². The fourth-order valence-corrected chi connectivity index (χ4v) is 2.47. The lowest BCUT2D eigenvalue weighted by atomic mass is 10.1. The SMILES string of the molecule is CC(=O)c1ccc(O)c(CSC2COC2)c1. The molecule has 0 bridgehead atoms. The monoisotopic (exact) mass is 238 g/mol. The highest BCUT2D eigenvalue weighted by Crippen LogP contribution is 2.28. The molecule has 0 saturated carbocycles. The molecule has 0 atom stereocenters. The molecule has 0 unspecified atom stereocenters. The van der Waals surface area contributed by atoms with Gasteiger partial charge in [0.2, 0.25) is 0 Å². The van der Waals surface area contributed by atoms with E-state index in [1.807, 2.05) is 0 Å². The van der Waals surface area contributed by atoms with Crippen LogP contribution in [0, 0.1) is 0 Å². The first kappa shape index (κ1) is 11.5. The van der Waals surface area contributed by atoms with Gasteiger partial charge in [-0.05, 0) is 25.1 Å². The average molecular weight is 238 g/mol. The molecule has 0 amide bonds. The lowest BCUT2D eigenvalue weighted by Gasteiger charge is -2.25. The second kappa shape index (κ2) is 4.89. The summed E-state index contributed by atoms with van der Waals surface area (Å²) in [6, 6.07) is 5.01. The summed E-state index contributed by atoms with van der Waals surface area (Å²) in [7, 11) is 0. The average Bonchev–Trinajstić information content (AvgIpc) is 2.18. The van der Waals surface area contributed by atoms with E-state index in [1.165, 1.54) is 6.92 Å². The molecule has 1 heterocycles. The molecule has 4 heteroatoms. The van der Waals surface area contributed by atoms with Gasteiger partial charge >= 0.3 is 0 Å². The first-order chi connectivity index (χ1) is 7.66. The number of aromatic hydroxyl groups is 1. The molecule has 1 saturated heterocycles. The standard InChI is InChI=1S/C12H14O3S/c1-8(13)9-2-3-12(14)10(4-9)7-16-11-5-15-6-11/h2-4,11,14H,5-7H2,1H3. The van der Waals surface area contributed by atoms with Gasteiger partial charge in [0.1, 0.15) is 5.75 Å². The summed E-state index contributed by atoms with van der Waals surface area (Å²) in [5.41, 5.74) is 1.47.